The van der Waals surface area contributed by atoms with Crippen LogP contribution >= 0.6 is 15.9 Å². The van der Waals surface area contributed by atoms with Crippen LogP contribution in [0.4, 0.5) is 11.4 Å². The minimum absolute atomic E-state index is 0.115. The zero-order valence-corrected chi connectivity index (χ0v) is 16.9. The molecule has 0 saturated heterocycles. The molecular formula is C20H17BrN2O3S. The molecule has 0 heterocycles. The van der Waals surface area contributed by atoms with Gasteiger partial charge >= 0.3 is 0 Å². The molecule has 0 aliphatic carbocycles. The van der Waals surface area contributed by atoms with Crippen LogP contribution in [0.2, 0.25) is 0 Å². The maximum Gasteiger partial charge on any atom is 0.261 e. The van der Waals surface area contributed by atoms with Crippen molar-refractivity contribution in [3.8, 4) is 0 Å². The Bertz CT molecular complexity index is 1050. The molecule has 138 valence electrons. The van der Waals surface area contributed by atoms with Gasteiger partial charge in [-0.3, -0.25) is 9.52 Å². The second-order valence-electron chi connectivity index (χ2n) is 5.80. The Morgan fingerprint density at radius 3 is 2.15 bits per heavy atom. The van der Waals surface area contributed by atoms with E-state index in [2.05, 4.69) is 20.7 Å². The summed E-state index contributed by atoms with van der Waals surface area (Å²) >= 11 is 3.28. The van der Waals surface area contributed by atoms with Crippen LogP contribution < -0.4 is 9.62 Å². The third-order valence-corrected chi connectivity index (χ3v) is 5.88. The van der Waals surface area contributed by atoms with Crippen LogP contribution in [-0.4, -0.2) is 21.4 Å². The Balaban J connectivity index is 1.92. The molecule has 0 aromatic heterocycles. The Kier molecular flexibility index (Phi) is 5.62. The zero-order valence-electron chi connectivity index (χ0n) is 14.5. The van der Waals surface area contributed by atoms with Gasteiger partial charge in [0.1, 0.15) is 0 Å². The number of amides is 1. The summed E-state index contributed by atoms with van der Waals surface area (Å²) < 4.78 is 28.7. The summed E-state index contributed by atoms with van der Waals surface area (Å²) in [5.74, 6) is -0.310. The first kappa shape index (κ1) is 19.1. The first-order chi connectivity index (χ1) is 12.9. The highest BCUT2D eigenvalue weighted by molar-refractivity contribution is 9.10. The lowest BCUT2D eigenvalue weighted by Crippen LogP contribution is -2.27. The van der Waals surface area contributed by atoms with Crippen LogP contribution in [0.3, 0.4) is 0 Å². The summed E-state index contributed by atoms with van der Waals surface area (Å²) in [5, 5.41) is 0. The Morgan fingerprint density at radius 1 is 0.889 bits per heavy atom. The fourth-order valence-electron chi connectivity index (χ4n) is 2.53. The quantitative estimate of drug-likeness (QED) is 0.628. The van der Waals surface area contributed by atoms with Crippen molar-refractivity contribution in [2.75, 3.05) is 16.7 Å². The number of hydrogen-bond acceptors (Lipinski definition) is 3. The van der Waals surface area contributed by atoms with E-state index in [-0.39, 0.29) is 22.1 Å². The van der Waals surface area contributed by atoms with Gasteiger partial charge in [0.25, 0.3) is 15.9 Å². The molecule has 0 atom stereocenters. The van der Waals surface area contributed by atoms with Gasteiger partial charge in [-0.2, -0.15) is 0 Å². The van der Waals surface area contributed by atoms with Gasteiger partial charge in [-0.25, -0.2) is 8.42 Å². The average molecular weight is 445 g/mol. The van der Waals surface area contributed by atoms with Crippen molar-refractivity contribution < 1.29 is 13.2 Å². The van der Waals surface area contributed by atoms with Gasteiger partial charge in [0.15, 0.2) is 0 Å². The van der Waals surface area contributed by atoms with Gasteiger partial charge in [-0.15, -0.1) is 0 Å². The molecule has 1 amide bonds. The standard InChI is InChI=1S/C20H17BrN2O3S/c1-23(16-7-3-2-4-8-16)20(24)18-9-5-6-10-19(18)22-27(25,26)17-13-11-15(21)12-14-17/h2-14,22H,1H3. The summed E-state index contributed by atoms with van der Waals surface area (Å²) in [6, 6.07) is 22.0. The molecule has 0 aliphatic rings. The Morgan fingerprint density at radius 2 is 1.48 bits per heavy atom. The molecule has 3 rings (SSSR count). The lowest BCUT2D eigenvalue weighted by atomic mass is 10.1. The molecule has 3 aromatic carbocycles. The molecule has 27 heavy (non-hydrogen) atoms. The first-order valence-electron chi connectivity index (χ1n) is 8.09. The largest absolute Gasteiger partial charge is 0.311 e. The molecular weight excluding hydrogens is 428 g/mol. The number of nitrogens with zero attached hydrogens (tertiary/aromatic N) is 1. The van der Waals surface area contributed by atoms with E-state index in [1.54, 1.807) is 43.4 Å². The average Bonchev–Trinajstić information content (AvgIpc) is 2.68. The van der Waals surface area contributed by atoms with E-state index in [4.69, 9.17) is 0 Å². The topological polar surface area (TPSA) is 66.5 Å². The summed E-state index contributed by atoms with van der Waals surface area (Å²) in [7, 11) is -2.17. The number of benzene rings is 3. The van der Waals surface area contributed by atoms with Crippen molar-refractivity contribution in [1.82, 2.24) is 0 Å². The Hall–Kier alpha value is -2.64. The zero-order chi connectivity index (χ0) is 19.4. The Labute approximate surface area is 166 Å². The normalized spacial score (nSPS) is 11.0. The maximum atomic E-state index is 12.9. The number of hydrogen-bond donors (Lipinski definition) is 1. The van der Waals surface area contributed by atoms with E-state index in [9.17, 15) is 13.2 Å². The number of carbonyl (C=O) groups is 1. The number of halogens is 1. The van der Waals surface area contributed by atoms with E-state index in [1.807, 2.05) is 30.3 Å². The predicted octanol–water partition coefficient (Wildman–Crippen LogP) is 4.53. The van der Waals surface area contributed by atoms with Crippen molar-refractivity contribution in [2.45, 2.75) is 4.90 Å². The van der Waals surface area contributed by atoms with E-state index in [0.29, 0.717) is 5.69 Å². The second-order valence-corrected chi connectivity index (χ2v) is 8.40. The van der Waals surface area contributed by atoms with Crippen molar-refractivity contribution >= 4 is 43.2 Å². The maximum absolute atomic E-state index is 12.9. The molecule has 0 aliphatic heterocycles. The lowest BCUT2D eigenvalue weighted by Gasteiger charge is -2.19. The van der Waals surface area contributed by atoms with Crippen LogP contribution in [-0.2, 0) is 10.0 Å². The number of carbonyl (C=O) groups excluding carboxylic acids is 1. The molecule has 0 bridgehead atoms. The van der Waals surface area contributed by atoms with Crippen LogP contribution in [0.25, 0.3) is 0 Å². The van der Waals surface area contributed by atoms with Gasteiger partial charge in [0.2, 0.25) is 0 Å². The summed E-state index contributed by atoms with van der Waals surface area (Å²) in [4.78, 5) is 14.5. The van der Waals surface area contributed by atoms with Crippen LogP contribution in [0.5, 0.6) is 0 Å². The number of rotatable bonds is 5. The van der Waals surface area contributed by atoms with Crippen molar-refractivity contribution in [3.05, 3.63) is 88.9 Å². The van der Waals surface area contributed by atoms with Gasteiger partial charge in [0, 0.05) is 17.2 Å². The fraction of sp³-hybridized carbons (Fsp3) is 0.0500. The highest BCUT2D eigenvalue weighted by Gasteiger charge is 2.21. The van der Waals surface area contributed by atoms with Gasteiger partial charge in [0.05, 0.1) is 16.1 Å². The van der Waals surface area contributed by atoms with Crippen LogP contribution in [0.15, 0.2) is 88.2 Å². The minimum Gasteiger partial charge on any atom is -0.311 e. The van der Waals surface area contributed by atoms with E-state index in [0.717, 1.165) is 4.47 Å². The van der Waals surface area contributed by atoms with E-state index in [1.165, 1.54) is 17.0 Å². The van der Waals surface area contributed by atoms with E-state index < -0.39 is 10.0 Å². The molecule has 0 unspecified atom stereocenters. The molecule has 1 N–H and O–H groups in total. The number of anilines is 2. The highest BCUT2D eigenvalue weighted by Crippen LogP contribution is 2.24. The molecule has 0 fully saturated rings. The number of para-hydroxylation sites is 2. The minimum atomic E-state index is -3.82. The molecule has 0 saturated carbocycles. The monoisotopic (exact) mass is 444 g/mol. The van der Waals surface area contributed by atoms with Gasteiger partial charge in [-0.1, -0.05) is 46.3 Å². The SMILES string of the molecule is CN(C(=O)c1ccccc1NS(=O)(=O)c1ccc(Br)cc1)c1ccccc1. The third kappa shape index (κ3) is 4.37. The summed E-state index contributed by atoms with van der Waals surface area (Å²) in [5.41, 5.74) is 1.21. The second kappa shape index (κ2) is 7.94. The fourth-order valence-corrected chi connectivity index (χ4v) is 3.87. The van der Waals surface area contributed by atoms with Crippen molar-refractivity contribution in [2.24, 2.45) is 0 Å². The predicted molar refractivity (Wildman–Crippen MR) is 111 cm³/mol. The van der Waals surface area contributed by atoms with Crippen molar-refractivity contribution in [3.63, 3.8) is 0 Å². The van der Waals surface area contributed by atoms with E-state index >= 15 is 0 Å². The summed E-state index contributed by atoms with van der Waals surface area (Å²) in [6.45, 7) is 0. The third-order valence-electron chi connectivity index (χ3n) is 3.97. The van der Waals surface area contributed by atoms with Gasteiger partial charge in [-0.05, 0) is 48.5 Å². The molecule has 0 spiro atoms. The molecule has 3 aromatic rings. The molecule has 5 nitrogen and oxygen atoms in total. The summed E-state index contributed by atoms with van der Waals surface area (Å²) in [6.07, 6.45) is 0. The lowest BCUT2D eigenvalue weighted by molar-refractivity contribution is 0.0994. The molecule has 7 heteroatoms. The van der Waals surface area contributed by atoms with Gasteiger partial charge < -0.3 is 4.90 Å². The highest BCUT2D eigenvalue weighted by atomic mass is 79.9. The smallest absolute Gasteiger partial charge is 0.261 e. The molecule has 0 radical (unpaired) electrons. The van der Waals surface area contributed by atoms with Crippen LogP contribution in [0, 0.1) is 0 Å². The van der Waals surface area contributed by atoms with Crippen LogP contribution in [0.1, 0.15) is 10.4 Å². The number of nitrogens with one attached hydrogen (secondary N) is 1. The number of sulfonamides is 1. The van der Waals surface area contributed by atoms with Crippen molar-refractivity contribution in [1.29, 1.82) is 0 Å². The first-order valence-corrected chi connectivity index (χ1v) is 10.4.